The van der Waals surface area contributed by atoms with Gasteiger partial charge >= 0.3 is 0 Å². The van der Waals surface area contributed by atoms with E-state index in [2.05, 4.69) is 142 Å². The van der Waals surface area contributed by atoms with E-state index in [9.17, 15) is 0 Å². The van der Waals surface area contributed by atoms with Crippen LogP contribution in [0.15, 0.2) is 0 Å². The van der Waals surface area contributed by atoms with Crippen LogP contribution < -0.4 is 0 Å². The van der Waals surface area contributed by atoms with Gasteiger partial charge in [-0.25, -0.2) is 0 Å². The molecule has 0 amide bonds. The average Bonchev–Trinajstić information content (AvgIpc) is 2.84. The monoisotopic (exact) mass is 697 g/mol. The fourth-order valence-electron chi connectivity index (χ4n) is 4.34. The molecule has 0 fully saturated rings. The minimum atomic E-state index is -0.603. The van der Waals surface area contributed by atoms with Gasteiger partial charge in [-0.3, -0.25) is 0 Å². The third-order valence-corrected chi connectivity index (χ3v) is 8.03. The van der Waals surface area contributed by atoms with E-state index in [0.717, 1.165) is 25.7 Å². The highest BCUT2D eigenvalue weighted by Crippen LogP contribution is 2.32. The second-order valence-corrected chi connectivity index (χ2v) is 20.5. The van der Waals surface area contributed by atoms with Crippen molar-refractivity contribution >= 4 is 31.4 Å². The zero-order valence-corrected chi connectivity index (χ0v) is 36.3. The van der Waals surface area contributed by atoms with Crippen molar-refractivity contribution in [3.63, 3.8) is 0 Å². The Morgan fingerprint density at radius 3 is 0.592 bits per heavy atom. The molecule has 288 valence electrons. The van der Waals surface area contributed by atoms with Gasteiger partial charge in [-0.2, -0.15) is 0 Å². The highest BCUT2D eigenvalue weighted by Gasteiger charge is 2.40. The summed E-state index contributed by atoms with van der Waals surface area (Å²) in [5.41, 5.74) is -3.15. The first-order valence-electron chi connectivity index (χ1n) is 18.8. The van der Waals surface area contributed by atoms with E-state index in [1.165, 1.54) is 0 Å². The summed E-state index contributed by atoms with van der Waals surface area (Å²) in [5.74, 6) is 0. The summed E-state index contributed by atoms with van der Waals surface area (Å²) in [6, 6.07) is 0. The fraction of sp³-hybridized carbons (Fsp3) is 1.00. The first-order valence-corrected chi connectivity index (χ1v) is 18.8. The summed E-state index contributed by atoms with van der Waals surface area (Å²) in [6.07, 6.45) is 3.02. The van der Waals surface area contributed by atoms with Gasteiger partial charge in [0.05, 0.1) is 54.2 Å². The molecular formula is C37H80B4O8. The van der Waals surface area contributed by atoms with Crippen molar-refractivity contribution in [3.05, 3.63) is 0 Å². The second-order valence-electron chi connectivity index (χ2n) is 20.5. The fourth-order valence-corrected chi connectivity index (χ4v) is 4.34. The van der Waals surface area contributed by atoms with Crippen molar-refractivity contribution in [2.75, 3.05) is 52.9 Å². The van der Waals surface area contributed by atoms with Crippen LogP contribution in [0.4, 0.5) is 0 Å². The lowest BCUT2D eigenvalue weighted by Gasteiger charge is -2.42. The van der Waals surface area contributed by atoms with Gasteiger partial charge in [0, 0.05) is 48.4 Å². The normalized spacial score (nSPS) is 14.9. The van der Waals surface area contributed by atoms with Gasteiger partial charge < -0.3 is 37.9 Å². The standard InChI is InChI=1S/C37H80B4O8/c1-29(2,17-21-42-33(9,10)38)46-25-37(26-47-30(3,4)18-22-43-34(11,12)39,27-48-31(5,6)19-23-44-35(13,14)40)28-49-32(7,8)20-24-45-36(15,16)41/h17-28,38-41H2,1-16H3. The first kappa shape index (κ1) is 48.9. The molecule has 0 aromatic heterocycles. The molecule has 0 heterocycles. The van der Waals surface area contributed by atoms with E-state index in [1.807, 2.05) is 0 Å². The summed E-state index contributed by atoms with van der Waals surface area (Å²) in [4.78, 5) is 0. The SMILES string of the molecule is BC(C)(C)OCCC(C)(C)OCC(COC(C)(C)CCOC(B)(C)C)(COC(C)(C)CCOC(B)(C)C)COC(C)(C)CCOC(B)(C)C. The number of rotatable bonds is 28. The van der Waals surface area contributed by atoms with Crippen LogP contribution in [-0.4, -0.2) is 129 Å². The molecule has 0 aliphatic rings. The quantitative estimate of drug-likeness (QED) is 0.113. The molecule has 0 saturated carbocycles. The number of hydrogen-bond acceptors (Lipinski definition) is 8. The zero-order chi connectivity index (χ0) is 38.6. The van der Waals surface area contributed by atoms with Gasteiger partial charge in [-0.15, -0.1) is 0 Å². The number of ether oxygens (including phenoxy) is 8. The van der Waals surface area contributed by atoms with Gasteiger partial charge in [0.1, 0.15) is 31.4 Å². The Labute approximate surface area is 307 Å². The Hall–Kier alpha value is -0.0603. The molecule has 49 heavy (non-hydrogen) atoms. The molecule has 0 aliphatic carbocycles. The predicted octanol–water partition coefficient (Wildman–Crippen LogP) is 4.26. The van der Waals surface area contributed by atoms with Gasteiger partial charge in [0.15, 0.2) is 0 Å². The lowest BCUT2D eigenvalue weighted by Crippen LogP contribution is -2.49. The maximum atomic E-state index is 6.79. The van der Waals surface area contributed by atoms with Crippen LogP contribution in [0.2, 0.25) is 0 Å². The maximum Gasteiger partial charge on any atom is 0.142 e. The Bertz CT molecular complexity index is 764. The average molecular weight is 696 g/mol. The van der Waals surface area contributed by atoms with Crippen LogP contribution in [0.3, 0.4) is 0 Å². The summed E-state index contributed by atoms with van der Waals surface area (Å²) in [6.45, 7) is 37.6. The Kier molecular flexibility index (Phi) is 19.3. The van der Waals surface area contributed by atoms with Gasteiger partial charge in [0.25, 0.3) is 0 Å². The molecule has 0 aromatic carbocycles. The Balaban J connectivity index is 6.33. The van der Waals surface area contributed by atoms with Crippen LogP contribution >= 0.6 is 0 Å². The summed E-state index contributed by atoms with van der Waals surface area (Å²) < 4.78 is 51.4. The molecule has 0 saturated heterocycles. The van der Waals surface area contributed by atoms with Crippen molar-refractivity contribution in [3.8, 4) is 0 Å². The summed E-state index contributed by atoms with van der Waals surface area (Å²) in [5, 5.41) is 0. The number of hydrogen-bond donors (Lipinski definition) is 0. The van der Waals surface area contributed by atoms with Crippen LogP contribution in [0.25, 0.3) is 0 Å². The molecule has 0 rings (SSSR count). The third-order valence-electron chi connectivity index (χ3n) is 8.03. The van der Waals surface area contributed by atoms with E-state index in [1.54, 1.807) is 0 Å². The highest BCUT2D eigenvalue weighted by atomic mass is 16.6. The van der Waals surface area contributed by atoms with Crippen LogP contribution in [0.5, 0.6) is 0 Å². The summed E-state index contributed by atoms with van der Waals surface area (Å²) >= 11 is 0. The molecule has 0 N–H and O–H groups in total. The lowest BCUT2D eigenvalue weighted by atomic mass is 9.85. The molecule has 8 nitrogen and oxygen atoms in total. The first-order chi connectivity index (χ1) is 21.7. The molecule has 0 unspecified atom stereocenters. The molecule has 0 atom stereocenters. The Morgan fingerprint density at radius 2 is 0.449 bits per heavy atom. The van der Waals surface area contributed by atoms with Crippen molar-refractivity contribution in [1.82, 2.24) is 0 Å². The van der Waals surface area contributed by atoms with Crippen molar-refractivity contribution in [1.29, 1.82) is 0 Å². The third kappa shape index (κ3) is 28.2. The molecule has 0 aliphatic heterocycles. The van der Waals surface area contributed by atoms with E-state index in [4.69, 9.17) is 37.9 Å². The lowest BCUT2D eigenvalue weighted by molar-refractivity contribution is -0.196. The van der Waals surface area contributed by atoms with Crippen molar-refractivity contribution in [2.24, 2.45) is 5.41 Å². The molecule has 0 radical (unpaired) electrons. The van der Waals surface area contributed by atoms with Crippen molar-refractivity contribution < 1.29 is 37.9 Å². The minimum Gasteiger partial charge on any atom is -0.385 e. The smallest absolute Gasteiger partial charge is 0.142 e. The van der Waals surface area contributed by atoms with Gasteiger partial charge in [-0.1, -0.05) is 0 Å². The highest BCUT2D eigenvalue weighted by molar-refractivity contribution is 6.14. The largest absolute Gasteiger partial charge is 0.385 e. The van der Waals surface area contributed by atoms with Crippen molar-refractivity contribution in [2.45, 2.75) is 181 Å². The maximum absolute atomic E-state index is 6.79. The molecular weight excluding hydrogens is 616 g/mol. The molecule has 12 heteroatoms. The van der Waals surface area contributed by atoms with E-state index in [-0.39, 0.29) is 22.0 Å². The molecule has 0 aromatic rings. The zero-order valence-electron chi connectivity index (χ0n) is 36.3. The molecule has 0 bridgehead atoms. The second kappa shape index (κ2) is 19.3. The minimum absolute atomic E-state index is 0.206. The summed E-state index contributed by atoms with van der Waals surface area (Å²) in [7, 11) is 8.31. The van der Waals surface area contributed by atoms with Crippen LogP contribution in [0.1, 0.15) is 136 Å². The van der Waals surface area contributed by atoms with Crippen LogP contribution in [0, 0.1) is 5.41 Å². The Morgan fingerprint density at radius 1 is 0.286 bits per heavy atom. The predicted molar refractivity (Wildman–Crippen MR) is 215 cm³/mol. The van der Waals surface area contributed by atoms with E-state index >= 15 is 0 Å². The van der Waals surface area contributed by atoms with E-state index < -0.39 is 27.8 Å². The van der Waals surface area contributed by atoms with Gasteiger partial charge in [-0.05, 0) is 136 Å². The van der Waals surface area contributed by atoms with Gasteiger partial charge in [0.2, 0.25) is 0 Å². The van der Waals surface area contributed by atoms with E-state index in [0.29, 0.717) is 52.9 Å². The van der Waals surface area contributed by atoms with Crippen LogP contribution in [-0.2, 0) is 37.9 Å². The molecule has 0 spiro atoms. The topological polar surface area (TPSA) is 73.8 Å².